The molecule has 0 heterocycles. The summed E-state index contributed by atoms with van der Waals surface area (Å²) < 4.78 is 38.3. The molecule has 0 bridgehead atoms. The lowest BCUT2D eigenvalue weighted by Crippen LogP contribution is -2.31. The van der Waals surface area contributed by atoms with Crippen LogP contribution in [0.3, 0.4) is 0 Å². The van der Waals surface area contributed by atoms with Crippen LogP contribution in [0.4, 0.5) is 13.2 Å². The Labute approximate surface area is 68.2 Å². The van der Waals surface area contributed by atoms with E-state index in [9.17, 15) is 13.2 Å². The highest BCUT2D eigenvalue weighted by atomic mass is 19.3. The number of benzene rings is 1. The van der Waals surface area contributed by atoms with Crippen molar-refractivity contribution in [1.82, 2.24) is 5.32 Å². The summed E-state index contributed by atoms with van der Waals surface area (Å²) in [7, 11) is 1.08. The van der Waals surface area contributed by atoms with Gasteiger partial charge in [0.2, 0.25) is 0 Å². The smallest absolute Gasteiger partial charge is 0.257 e. The molecule has 0 spiro atoms. The zero-order chi connectivity index (χ0) is 9.19. The summed E-state index contributed by atoms with van der Waals surface area (Å²) in [5.41, 5.74) is -0.632. The molecular formula is C8H8F3N. The second kappa shape index (κ2) is 3.15. The summed E-state index contributed by atoms with van der Waals surface area (Å²) >= 11 is 0. The monoisotopic (exact) mass is 175 g/mol. The normalized spacial score (nSPS) is 11.7. The Hall–Kier alpha value is -1.03. The summed E-state index contributed by atoms with van der Waals surface area (Å²) in [5.74, 6) is -0.906. The lowest BCUT2D eigenvalue weighted by atomic mass is 10.2. The molecular weight excluding hydrogens is 167 g/mol. The minimum absolute atomic E-state index is 0.632. The van der Waals surface area contributed by atoms with Gasteiger partial charge in [0.05, 0.1) is 5.56 Å². The van der Waals surface area contributed by atoms with Crippen LogP contribution in [0.2, 0.25) is 0 Å². The first-order chi connectivity index (χ1) is 5.58. The summed E-state index contributed by atoms with van der Waals surface area (Å²) in [5, 5.41) is 1.73. The Morgan fingerprint density at radius 3 is 2.33 bits per heavy atom. The fraction of sp³-hybridized carbons (Fsp3) is 0.250. The lowest BCUT2D eigenvalue weighted by molar-refractivity contribution is -0.0367. The summed E-state index contributed by atoms with van der Waals surface area (Å²) in [6.07, 6.45) is 0. The Morgan fingerprint density at radius 2 is 1.83 bits per heavy atom. The van der Waals surface area contributed by atoms with Crippen molar-refractivity contribution < 1.29 is 13.2 Å². The van der Waals surface area contributed by atoms with E-state index in [1.54, 1.807) is 5.32 Å². The SMILES string of the molecule is CNC(F)(F)c1ccccc1F. The number of hydrogen-bond donors (Lipinski definition) is 1. The van der Waals surface area contributed by atoms with Crippen LogP contribution in [0.1, 0.15) is 5.56 Å². The van der Waals surface area contributed by atoms with Crippen LogP contribution in [0.5, 0.6) is 0 Å². The van der Waals surface area contributed by atoms with Crippen LogP contribution in [-0.2, 0) is 6.05 Å². The number of halogens is 3. The van der Waals surface area contributed by atoms with Gasteiger partial charge >= 0.3 is 6.05 Å². The van der Waals surface area contributed by atoms with Crippen LogP contribution >= 0.6 is 0 Å². The van der Waals surface area contributed by atoms with Crippen molar-refractivity contribution in [2.75, 3.05) is 7.05 Å². The Balaban J connectivity index is 3.10. The molecule has 0 radical (unpaired) electrons. The summed E-state index contributed by atoms with van der Waals surface area (Å²) in [4.78, 5) is 0. The molecule has 1 nitrogen and oxygen atoms in total. The Morgan fingerprint density at radius 1 is 1.25 bits per heavy atom. The standard InChI is InChI=1S/C8H8F3N/c1-12-8(10,11)6-4-2-3-5-7(6)9/h2-5,12H,1H3. The topological polar surface area (TPSA) is 12.0 Å². The van der Waals surface area contributed by atoms with Gasteiger partial charge in [-0.15, -0.1) is 0 Å². The summed E-state index contributed by atoms with van der Waals surface area (Å²) in [6, 6.07) is 1.48. The maximum atomic E-state index is 12.8. The minimum Gasteiger partial charge on any atom is -0.257 e. The molecule has 0 saturated carbocycles. The van der Waals surface area contributed by atoms with E-state index in [4.69, 9.17) is 0 Å². The van der Waals surface area contributed by atoms with Crippen molar-refractivity contribution in [2.45, 2.75) is 6.05 Å². The van der Waals surface area contributed by atoms with E-state index in [2.05, 4.69) is 0 Å². The molecule has 0 atom stereocenters. The zero-order valence-corrected chi connectivity index (χ0v) is 6.44. The van der Waals surface area contributed by atoms with Crippen molar-refractivity contribution in [3.63, 3.8) is 0 Å². The third-order valence-electron chi connectivity index (χ3n) is 1.53. The molecule has 1 rings (SSSR count). The molecule has 4 heteroatoms. The van der Waals surface area contributed by atoms with Crippen molar-refractivity contribution in [3.05, 3.63) is 35.6 Å². The average Bonchev–Trinajstić information content (AvgIpc) is 2.05. The lowest BCUT2D eigenvalue weighted by Gasteiger charge is -2.15. The molecule has 0 aromatic heterocycles. The molecule has 0 amide bonds. The fourth-order valence-electron chi connectivity index (χ4n) is 0.851. The maximum absolute atomic E-state index is 12.8. The van der Waals surface area contributed by atoms with Crippen LogP contribution in [0.25, 0.3) is 0 Å². The van der Waals surface area contributed by atoms with Gasteiger partial charge in [0.1, 0.15) is 5.82 Å². The van der Waals surface area contributed by atoms with Crippen molar-refractivity contribution in [2.24, 2.45) is 0 Å². The minimum atomic E-state index is -3.30. The predicted molar refractivity (Wildman–Crippen MR) is 39.4 cm³/mol. The molecule has 12 heavy (non-hydrogen) atoms. The van der Waals surface area contributed by atoms with E-state index in [0.29, 0.717) is 0 Å². The van der Waals surface area contributed by atoms with Crippen molar-refractivity contribution in [3.8, 4) is 0 Å². The van der Waals surface area contributed by atoms with Gasteiger partial charge in [-0.25, -0.2) is 4.39 Å². The first-order valence-electron chi connectivity index (χ1n) is 3.39. The maximum Gasteiger partial charge on any atom is 0.331 e. The predicted octanol–water partition coefficient (Wildman–Crippen LogP) is 2.09. The molecule has 0 aliphatic rings. The van der Waals surface area contributed by atoms with Crippen molar-refractivity contribution >= 4 is 0 Å². The van der Waals surface area contributed by atoms with Gasteiger partial charge in [-0.1, -0.05) is 12.1 Å². The molecule has 1 aromatic carbocycles. The van der Waals surface area contributed by atoms with Gasteiger partial charge < -0.3 is 0 Å². The molecule has 0 fully saturated rings. The fourth-order valence-corrected chi connectivity index (χ4v) is 0.851. The summed E-state index contributed by atoms with van der Waals surface area (Å²) in [6.45, 7) is 0. The van der Waals surface area contributed by atoms with E-state index in [1.165, 1.54) is 12.1 Å². The average molecular weight is 175 g/mol. The molecule has 1 N–H and O–H groups in total. The molecule has 0 unspecified atom stereocenters. The van der Waals surface area contributed by atoms with Gasteiger partial charge in [-0.3, -0.25) is 5.32 Å². The highest BCUT2D eigenvalue weighted by Gasteiger charge is 2.31. The number of alkyl halides is 2. The third-order valence-corrected chi connectivity index (χ3v) is 1.53. The zero-order valence-electron chi connectivity index (χ0n) is 6.44. The van der Waals surface area contributed by atoms with Gasteiger partial charge in [0, 0.05) is 0 Å². The Bertz CT molecular complexity index is 273. The second-order valence-corrected chi connectivity index (χ2v) is 2.30. The van der Waals surface area contributed by atoms with E-state index in [1.807, 2.05) is 0 Å². The van der Waals surface area contributed by atoms with E-state index >= 15 is 0 Å². The molecule has 0 saturated heterocycles. The van der Waals surface area contributed by atoms with Crippen LogP contribution in [0, 0.1) is 5.82 Å². The molecule has 66 valence electrons. The van der Waals surface area contributed by atoms with Gasteiger partial charge in [-0.2, -0.15) is 8.78 Å². The Kier molecular flexibility index (Phi) is 2.38. The van der Waals surface area contributed by atoms with Crippen LogP contribution < -0.4 is 5.32 Å². The highest BCUT2D eigenvalue weighted by molar-refractivity contribution is 5.21. The quantitative estimate of drug-likeness (QED) is 0.678. The van der Waals surface area contributed by atoms with Gasteiger partial charge in [0.15, 0.2) is 0 Å². The number of rotatable bonds is 2. The van der Waals surface area contributed by atoms with Gasteiger partial charge in [-0.05, 0) is 19.2 Å². The molecule has 0 aliphatic heterocycles. The first-order valence-corrected chi connectivity index (χ1v) is 3.39. The third kappa shape index (κ3) is 1.58. The highest BCUT2D eigenvalue weighted by Crippen LogP contribution is 2.25. The second-order valence-electron chi connectivity index (χ2n) is 2.30. The first kappa shape index (κ1) is 9.06. The van der Waals surface area contributed by atoms with Gasteiger partial charge in [0.25, 0.3) is 0 Å². The van der Waals surface area contributed by atoms with E-state index in [-0.39, 0.29) is 0 Å². The van der Waals surface area contributed by atoms with E-state index < -0.39 is 17.4 Å². The van der Waals surface area contributed by atoms with E-state index in [0.717, 1.165) is 19.2 Å². The van der Waals surface area contributed by atoms with Crippen LogP contribution in [0.15, 0.2) is 24.3 Å². The number of hydrogen-bond acceptors (Lipinski definition) is 1. The molecule has 1 aromatic rings. The van der Waals surface area contributed by atoms with Crippen molar-refractivity contribution in [1.29, 1.82) is 0 Å². The molecule has 0 aliphatic carbocycles. The number of nitrogens with one attached hydrogen (secondary N) is 1. The van der Waals surface area contributed by atoms with Crippen LogP contribution in [-0.4, -0.2) is 7.05 Å². The largest absolute Gasteiger partial charge is 0.331 e.